The molecule has 1 amide bonds. The molecule has 1 unspecified atom stereocenters. The fraction of sp³-hybridized carbons (Fsp3) is 0.471. The molecule has 1 aromatic carbocycles. The Kier molecular flexibility index (Phi) is 4.12. The van der Waals surface area contributed by atoms with Gasteiger partial charge in [0.2, 0.25) is 0 Å². The van der Waals surface area contributed by atoms with E-state index >= 15 is 0 Å². The number of nitrogens with zero attached hydrogens (tertiary/aromatic N) is 1. The Balaban J connectivity index is 1.48. The SMILES string of the molecule is C#C[C@@H]1CN2CC[C@H]1C[C@@H]2COC(=O)Nc1ccccc1. The van der Waals surface area contributed by atoms with Gasteiger partial charge in [0.25, 0.3) is 0 Å². The van der Waals surface area contributed by atoms with Crippen LogP contribution in [0.4, 0.5) is 10.5 Å². The van der Waals surface area contributed by atoms with Crippen molar-refractivity contribution in [3.63, 3.8) is 0 Å². The maximum atomic E-state index is 11.8. The normalized spacial score (nSPS) is 30.4. The number of rotatable bonds is 3. The molecule has 21 heavy (non-hydrogen) atoms. The van der Waals surface area contributed by atoms with Crippen LogP contribution in [0.5, 0.6) is 0 Å². The molecule has 1 N–H and O–H groups in total. The number of carbonyl (C=O) groups is 1. The molecule has 4 rings (SSSR count). The number of ether oxygens (including phenoxy) is 1. The van der Waals surface area contributed by atoms with E-state index in [4.69, 9.17) is 11.2 Å². The molecule has 4 heteroatoms. The highest BCUT2D eigenvalue weighted by atomic mass is 16.5. The number of terminal acetylenes is 1. The Morgan fingerprint density at radius 1 is 1.43 bits per heavy atom. The zero-order valence-corrected chi connectivity index (χ0v) is 12.0. The molecule has 0 aliphatic carbocycles. The number of piperidine rings is 3. The minimum Gasteiger partial charge on any atom is -0.448 e. The first-order valence-electron chi connectivity index (χ1n) is 7.45. The van der Waals surface area contributed by atoms with Crippen LogP contribution in [0.15, 0.2) is 30.3 Å². The number of hydrogen-bond acceptors (Lipinski definition) is 3. The smallest absolute Gasteiger partial charge is 0.411 e. The van der Waals surface area contributed by atoms with Gasteiger partial charge in [-0.25, -0.2) is 4.79 Å². The Morgan fingerprint density at radius 3 is 2.90 bits per heavy atom. The van der Waals surface area contributed by atoms with Gasteiger partial charge in [0.1, 0.15) is 6.61 Å². The van der Waals surface area contributed by atoms with E-state index in [1.54, 1.807) is 0 Å². The van der Waals surface area contributed by atoms with Gasteiger partial charge in [0, 0.05) is 24.2 Å². The molecule has 1 aromatic rings. The summed E-state index contributed by atoms with van der Waals surface area (Å²) in [5.41, 5.74) is 0.750. The second kappa shape index (κ2) is 6.19. The molecule has 3 saturated heterocycles. The predicted molar refractivity (Wildman–Crippen MR) is 81.8 cm³/mol. The van der Waals surface area contributed by atoms with E-state index in [-0.39, 0.29) is 0 Å². The molecule has 3 fully saturated rings. The number of para-hydroxylation sites is 1. The Hall–Kier alpha value is -1.99. The van der Waals surface area contributed by atoms with E-state index in [1.807, 2.05) is 30.3 Å². The summed E-state index contributed by atoms with van der Waals surface area (Å²) in [4.78, 5) is 14.2. The van der Waals surface area contributed by atoms with Crippen LogP contribution >= 0.6 is 0 Å². The third-order valence-electron chi connectivity index (χ3n) is 4.52. The molecule has 3 aliphatic rings. The van der Waals surface area contributed by atoms with E-state index in [9.17, 15) is 4.79 Å². The van der Waals surface area contributed by atoms with Crippen molar-refractivity contribution >= 4 is 11.8 Å². The average molecular weight is 284 g/mol. The van der Waals surface area contributed by atoms with Crippen molar-refractivity contribution in [1.29, 1.82) is 0 Å². The van der Waals surface area contributed by atoms with Crippen LogP contribution < -0.4 is 5.32 Å². The van der Waals surface area contributed by atoms with Crippen molar-refractivity contribution in [2.24, 2.45) is 11.8 Å². The van der Waals surface area contributed by atoms with Crippen LogP contribution in [0.1, 0.15) is 12.8 Å². The molecule has 3 aliphatic heterocycles. The van der Waals surface area contributed by atoms with E-state index in [0.717, 1.165) is 25.2 Å². The summed E-state index contributed by atoms with van der Waals surface area (Å²) in [6.07, 6.45) is 7.38. The van der Waals surface area contributed by atoms with Crippen molar-refractivity contribution in [3.05, 3.63) is 30.3 Å². The molecule has 3 heterocycles. The number of nitrogens with one attached hydrogen (secondary N) is 1. The molecule has 0 aromatic heterocycles. The van der Waals surface area contributed by atoms with Crippen LogP contribution in [0.2, 0.25) is 0 Å². The maximum Gasteiger partial charge on any atom is 0.411 e. The van der Waals surface area contributed by atoms with Gasteiger partial charge in [-0.1, -0.05) is 18.2 Å². The van der Waals surface area contributed by atoms with Crippen LogP contribution in [0, 0.1) is 24.2 Å². The zero-order valence-electron chi connectivity index (χ0n) is 12.0. The number of amides is 1. The first kappa shape index (κ1) is 14.0. The highest BCUT2D eigenvalue weighted by Gasteiger charge is 2.39. The standard InChI is InChI=1S/C17H20N2O2/c1-2-13-11-19-9-8-14(13)10-16(19)12-21-17(20)18-15-6-4-3-5-7-15/h1,3-7,13-14,16H,8-12H2,(H,18,20)/t13-,14+,16-/m1/s1. The van der Waals surface area contributed by atoms with Crippen LogP contribution in [0.25, 0.3) is 0 Å². The number of anilines is 1. The van der Waals surface area contributed by atoms with Crippen LogP contribution in [-0.4, -0.2) is 36.7 Å². The molecule has 2 bridgehead atoms. The lowest BCUT2D eigenvalue weighted by atomic mass is 9.76. The quantitative estimate of drug-likeness (QED) is 0.867. The van der Waals surface area contributed by atoms with Gasteiger partial charge in [0.05, 0.1) is 0 Å². The second-order valence-corrected chi connectivity index (χ2v) is 5.80. The summed E-state index contributed by atoms with van der Waals surface area (Å²) >= 11 is 0. The van der Waals surface area contributed by atoms with Crippen LogP contribution in [0.3, 0.4) is 0 Å². The highest BCUT2D eigenvalue weighted by Crippen LogP contribution is 2.35. The molecule has 110 valence electrons. The number of benzene rings is 1. The third kappa shape index (κ3) is 3.20. The third-order valence-corrected chi connectivity index (χ3v) is 4.52. The average Bonchev–Trinajstić information content (AvgIpc) is 2.54. The fourth-order valence-corrected chi connectivity index (χ4v) is 3.35. The zero-order chi connectivity index (χ0) is 14.7. The number of fused-ring (bicyclic) bond motifs is 3. The predicted octanol–water partition coefficient (Wildman–Crippen LogP) is 2.58. The highest BCUT2D eigenvalue weighted by molar-refractivity contribution is 5.84. The molecular formula is C17H20N2O2. The van der Waals surface area contributed by atoms with E-state index in [0.29, 0.717) is 24.5 Å². The summed E-state index contributed by atoms with van der Waals surface area (Å²) in [7, 11) is 0. The van der Waals surface area contributed by atoms with Gasteiger partial charge in [-0.3, -0.25) is 10.2 Å². The molecule has 0 radical (unpaired) electrons. The van der Waals surface area contributed by atoms with Gasteiger partial charge in [-0.15, -0.1) is 12.3 Å². The van der Waals surface area contributed by atoms with Gasteiger partial charge in [0.15, 0.2) is 0 Å². The summed E-state index contributed by atoms with van der Waals surface area (Å²) in [5, 5.41) is 2.73. The first-order valence-corrected chi connectivity index (χ1v) is 7.45. The molecule has 4 nitrogen and oxygen atoms in total. The van der Waals surface area contributed by atoms with Crippen LogP contribution in [-0.2, 0) is 4.74 Å². The minimum atomic E-state index is -0.391. The summed E-state index contributed by atoms with van der Waals surface area (Å²) in [5.74, 6) is 3.85. The molecule has 0 saturated carbocycles. The van der Waals surface area contributed by atoms with Gasteiger partial charge in [-0.2, -0.15) is 0 Å². The lowest BCUT2D eigenvalue weighted by Gasteiger charge is -2.48. The van der Waals surface area contributed by atoms with Crippen molar-refractivity contribution in [2.75, 3.05) is 25.0 Å². The van der Waals surface area contributed by atoms with Gasteiger partial charge in [-0.05, 0) is 37.4 Å². The molecule has 0 spiro atoms. The van der Waals surface area contributed by atoms with Crippen molar-refractivity contribution in [1.82, 2.24) is 4.90 Å². The van der Waals surface area contributed by atoms with Gasteiger partial charge >= 0.3 is 6.09 Å². The summed E-state index contributed by atoms with van der Waals surface area (Å²) in [6.45, 7) is 2.44. The number of carbonyl (C=O) groups excluding carboxylic acids is 1. The Bertz CT molecular complexity index is 537. The topological polar surface area (TPSA) is 41.6 Å². The fourth-order valence-electron chi connectivity index (χ4n) is 3.35. The van der Waals surface area contributed by atoms with Crippen molar-refractivity contribution < 1.29 is 9.53 Å². The first-order chi connectivity index (χ1) is 10.3. The summed E-state index contributed by atoms with van der Waals surface area (Å²) in [6, 6.07) is 9.65. The number of hydrogen-bond donors (Lipinski definition) is 1. The Morgan fingerprint density at radius 2 is 2.24 bits per heavy atom. The minimum absolute atomic E-state index is 0.315. The summed E-state index contributed by atoms with van der Waals surface area (Å²) < 4.78 is 5.36. The lowest BCUT2D eigenvalue weighted by Crippen LogP contribution is -2.54. The molecule has 4 atom stereocenters. The van der Waals surface area contributed by atoms with Gasteiger partial charge < -0.3 is 4.74 Å². The van der Waals surface area contributed by atoms with Crippen molar-refractivity contribution in [2.45, 2.75) is 18.9 Å². The monoisotopic (exact) mass is 284 g/mol. The van der Waals surface area contributed by atoms with Crippen molar-refractivity contribution in [3.8, 4) is 12.3 Å². The Labute approximate surface area is 125 Å². The largest absolute Gasteiger partial charge is 0.448 e. The lowest BCUT2D eigenvalue weighted by molar-refractivity contribution is -0.00665. The maximum absolute atomic E-state index is 11.8. The van der Waals surface area contributed by atoms with E-state index < -0.39 is 6.09 Å². The second-order valence-electron chi connectivity index (χ2n) is 5.80. The van der Waals surface area contributed by atoms with E-state index in [1.165, 1.54) is 6.42 Å². The molecular weight excluding hydrogens is 264 g/mol. The van der Waals surface area contributed by atoms with E-state index in [2.05, 4.69) is 16.1 Å².